The van der Waals surface area contributed by atoms with E-state index in [1.807, 2.05) is 13.0 Å². The molecule has 0 radical (unpaired) electrons. The fraction of sp³-hybridized carbons (Fsp3) is 0.636. The van der Waals surface area contributed by atoms with Crippen LogP contribution in [0.15, 0.2) is 46.2 Å². The molecule has 0 spiro atoms. The second kappa shape index (κ2) is 21.5. The van der Waals surface area contributed by atoms with Gasteiger partial charge in [-0.1, -0.05) is 137 Å². The van der Waals surface area contributed by atoms with Crippen LogP contribution in [0.2, 0.25) is 5.02 Å². The summed E-state index contributed by atoms with van der Waals surface area (Å²) in [5.74, 6) is 0.502. The van der Waals surface area contributed by atoms with E-state index in [2.05, 4.69) is 73.1 Å². The van der Waals surface area contributed by atoms with Crippen LogP contribution in [0, 0.1) is 12.3 Å². The molecule has 3 N–H and O–H groups in total. The lowest BCUT2D eigenvalue weighted by Gasteiger charge is -2.33. The number of hydrogen-bond donors (Lipinski definition) is 3. The molecular formula is C44H69ClN6O6S2. The summed E-state index contributed by atoms with van der Waals surface area (Å²) < 4.78 is 76.0. The van der Waals surface area contributed by atoms with Gasteiger partial charge in [-0.3, -0.25) is 4.72 Å². The van der Waals surface area contributed by atoms with Crippen molar-refractivity contribution in [1.82, 2.24) is 24.5 Å². The van der Waals surface area contributed by atoms with Crippen LogP contribution in [0.1, 0.15) is 162 Å². The van der Waals surface area contributed by atoms with Gasteiger partial charge in [-0.15, -0.1) is 9.73 Å². The lowest BCUT2D eigenvalue weighted by atomic mass is 9.72. The van der Waals surface area contributed by atoms with E-state index in [1.165, 1.54) is 48.5 Å². The van der Waals surface area contributed by atoms with Gasteiger partial charge in [0.1, 0.15) is 32.1 Å². The normalized spacial score (nSPS) is 13.3. The molecule has 4 rings (SSSR count). The summed E-state index contributed by atoms with van der Waals surface area (Å²) in [6.07, 6.45) is 13.5. The number of halogens is 1. The molecule has 0 aliphatic heterocycles. The third-order valence-corrected chi connectivity index (χ3v) is 13.7. The zero-order chi connectivity index (χ0) is 43.4. The van der Waals surface area contributed by atoms with Gasteiger partial charge in [-0.05, 0) is 72.9 Å². The first-order valence-corrected chi connectivity index (χ1v) is 24.8. The van der Waals surface area contributed by atoms with E-state index in [9.17, 15) is 16.8 Å². The van der Waals surface area contributed by atoms with Crippen molar-refractivity contribution in [3.05, 3.63) is 58.5 Å². The molecule has 0 bridgehead atoms. The van der Waals surface area contributed by atoms with Crippen molar-refractivity contribution in [1.29, 1.82) is 0 Å². The fourth-order valence-corrected chi connectivity index (χ4v) is 10.2. The molecular weight excluding hydrogens is 808 g/mol. The number of nitrogens with one attached hydrogen (secondary N) is 3. The molecule has 59 heavy (non-hydrogen) atoms. The molecule has 0 aliphatic rings. The smallest absolute Gasteiger partial charge is 0.265 e. The Balaban J connectivity index is 1.63. The summed E-state index contributed by atoms with van der Waals surface area (Å²) in [5.41, 5.74) is 1.74. The maximum atomic E-state index is 14.4. The first-order valence-electron chi connectivity index (χ1n) is 21.5. The predicted octanol–water partition coefficient (Wildman–Crippen LogP) is 11.1. The molecule has 1 atom stereocenters. The molecule has 0 aliphatic carbocycles. The Morgan fingerprint density at radius 1 is 0.763 bits per heavy atom. The molecule has 2 aromatic carbocycles. The molecule has 330 valence electrons. The van der Waals surface area contributed by atoms with Crippen LogP contribution in [0.5, 0.6) is 11.5 Å². The van der Waals surface area contributed by atoms with Crippen LogP contribution in [-0.4, -0.2) is 56.4 Å². The van der Waals surface area contributed by atoms with Gasteiger partial charge in [0.05, 0.1) is 24.6 Å². The number of hydrogen-bond acceptors (Lipinski definition) is 8. The van der Waals surface area contributed by atoms with Crippen LogP contribution in [0.25, 0.3) is 5.65 Å². The van der Waals surface area contributed by atoms with E-state index in [1.54, 1.807) is 19.1 Å². The fourth-order valence-electron chi connectivity index (χ4n) is 7.48. The first-order chi connectivity index (χ1) is 27.8. The Bertz CT molecular complexity index is 2180. The maximum Gasteiger partial charge on any atom is 0.265 e. The van der Waals surface area contributed by atoms with Crippen molar-refractivity contribution in [3.8, 4) is 11.5 Å². The number of H-pyrrole nitrogens is 1. The highest BCUT2D eigenvalue weighted by molar-refractivity contribution is 7.93. The van der Waals surface area contributed by atoms with Gasteiger partial charge in [-0.25, -0.2) is 21.6 Å². The van der Waals surface area contributed by atoms with Crippen molar-refractivity contribution >= 4 is 43.0 Å². The molecule has 0 saturated heterocycles. The second-order valence-electron chi connectivity index (χ2n) is 17.8. The highest BCUT2D eigenvalue weighted by Crippen LogP contribution is 2.39. The van der Waals surface area contributed by atoms with Crippen LogP contribution in [-0.2, 0) is 25.5 Å². The molecule has 0 saturated carbocycles. The standard InChI is InChI=1S/C44H69ClN6O6S2/c1-10-12-14-16-18-20-26-56-36-24-22-34(44(8,9)31-43(5,6)7)28-38(36)59(54,55)50-35-23-25-37(57-27-21-19-17-15-13-11-2)39(29-35)58(52,53)46-30-32(3)41-47-42-40(45)33(4)48-51(42)49-41/h22-25,28-29,32,46,50H,10-21,26-27,30-31H2,1-9H3,(H,47,49). The Morgan fingerprint density at radius 3 is 1.86 bits per heavy atom. The number of nitrogens with zero attached hydrogens (tertiary/aromatic N) is 3. The minimum atomic E-state index is -4.27. The largest absolute Gasteiger partial charge is 0.492 e. The maximum absolute atomic E-state index is 14.4. The average Bonchev–Trinajstić information content (AvgIpc) is 3.69. The number of sulfonamides is 2. The molecule has 0 amide bonds. The minimum absolute atomic E-state index is 0.00261. The van der Waals surface area contributed by atoms with Gasteiger partial charge >= 0.3 is 0 Å². The van der Waals surface area contributed by atoms with Gasteiger partial charge in [0, 0.05) is 12.5 Å². The zero-order valence-electron chi connectivity index (χ0n) is 36.8. The molecule has 4 aromatic rings. The monoisotopic (exact) mass is 876 g/mol. The lowest BCUT2D eigenvalue weighted by Crippen LogP contribution is -2.29. The number of ether oxygens (including phenoxy) is 2. The van der Waals surface area contributed by atoms with Crippen molar-refractivity contribution in [2.75, 3.05) is 24.5 Å². The SMILES string of the molecule is CCCCCCCCOc1ccc(NS(=O)(=O)c2cc(C(C)(C)CC(C)(C)C)ccc2OCCCCCCCC)cc1S(=O)(=O)NCC(C)c1nn2nc(C)c(Cl)c2[nH]1. The number of fused-ring (bicyclic) bond motifs is 1. The zero-order valence-corrected chi connectivity index (χ0v) is 39.2. The molecule has 15 heteroatoms. The van der Waals surface area contributed by atoms with Crippen molar-refractivity contribution < 1.29 is 26.3 Å². The Morgan fingerprint density at radius 2 is 1.31 bits per heavy atom. The molecule has 2 heterocycles. The molecule has 2 aromatic heterocycles. The van der Waals surface area contributed by atoms with Gasteiger partial charge in [0.15, 0.2) is 5.65 Å². The lowest BCUT2D eigenvalue weighted by molar-refractivity contribution is 0.281. The Hall–Kier alpha value is -3.33. The van der Waals surface area contributed by atoms with E-state index in [4.69, 9.17) is 21.1 Å². The number of anilines is 1. The second-order valence-corrected chi connectivity index (χ2v) is 21.5. The number of aromatic nitrogens is 4. The van der Waals surface area contributed by atoms with Gasteiger partial charge < -0.3 is 14.5 Å². The average molecular weight is 878 g/mol. The highest BCUT2D eigenvalue weighted by Gasteiger charge is 2.31. The van der Waals surface area contributed by atoms with Crippen LogP contribution in [0.4, 0.5) is 5.69 Å². The van der Waals surface area contributed by atoms with E-state index in [0.717, 1.165) is 63.4 Å². The van der Waals surface area contributed by atoms with E-state index in [0.29, 0.717) is 35.4 Å². The minimum Gasteiger partial charge on any atom is -0.492 e. The quantitative estimate of drug-likeness (QED) is 0.0526. The predicted molar refractivity (Wildman–Crippen MR) is 239 cm³/mol. The summed E-state index contributed by atoms with van der Waals surface area (Å²) >= 11 is 6.36. The van der Waals surface area contributed by atoms with Crippen LogP contribution >= 0.6 is 11.6 Å². The number of benzene rings is 2. The van der Waals surface area contributed by atoms with Crippen LogP contribution in [0.3, 0.4) is 0 Å². The third-order valence-electron chi connectivity index (χ3n) is 10.4. The first kappa shape index (κ1) is 48.3. The number of rotatable bonds is 26. The Kier molecular flexibility index (Phi) is 17.6. The third kappa shape index (κ3) is 14.1. The summed E-state index contributed by atoms with van der Waals surface area (Å²) in [7, 11) is -8.49. The van der Waals surface area contributed by atoms with E-state index >= 15 is 0 Å². The van der Waals surface area contributed by atoms with Crippen molar-refractivity contribution in [2.45, 2.75) is 167 Å². The van der Waals surface area contributed by atoms with Crippen LogP contribution < -0.4 is 18.9 Å². The summed E-state index contributed by atoms with van der Waals surface area (Å²) in [5, 5.41) is 9.18. The van der Waals surface area contributed by atoms with E-state index < -0.39 is 20.0 Å². The molecule has 12 nitrogen and oxygen atoms in total. The highest BCUT2D eigenvalue weighted by atomic mass is 35.5. The number of aryl methyl sites for hydroxylation is 1. The van der Waals surface area contributed by atoms with Crippen molar-refractivity contribution in [2.24, 2.45) is 5.41 Å². The molecule has 0 fully saturated rings. The van der Waals surface area contributed by atoms with Gasteiger partial charge in [-0.2, -0.15) is 5.10 Å². The summed E-state index contributed by atoms with van der Waals surface area (Å²) in [4.78, 5) is 2.97. The summed E-state index contributed by atoms with van der Waals surface area (Å²) in [6.45, 7) is 19.4. The van der Waals surface area contributed by atoms with E-state index in [-0.39, 0.29) is 50.3 Å². The molecule has 1 unspecified atom stereocenters. The number of unbranched alkanes of at least 4 members (excludes halogenated alkanes) is 10. The summed E-state index contributed by atoms with van der Waals surface area (Å²) in [6, 6.07) is 9.75. The number of aromatic amines is 1. The Labute approximate surface area is 359 Å². The topological polar surface area (TPSA) is 157 Å². The van der Waals surface area contributed by atoms with Crippen molar-refractivity contribution in [3.63, 3.8) is 0 Å². The van der Waals surface area contributed by atoms with Gasteiger partial charge in [0.25, 0.3) is 10.0 Å². The van der Waals surface area contributed by atoms with Gasteiger partial charge in [0.2, 0.25) is 10.0 Å².